The Morgan fingerprint density at radius 2 is 1.83 bits per heavy atom. The van der Waals surface area contributed by atoms with Gasteiger partial charge in [0.2, 0.25) is 0 Å². The van der Waals surface area contributed by atoms with E-state index in [4.69, 9.17) is 14.5 Å². The molecule has 0 bridgehead atoms. The van der Waals surface area contributed by atoms with Crippen LogP contribution in [-0.4, -0.2) is 77.8 Å². The van der Waals surface area contributed by atoms with E-state index in [1.807, 2.05) is 26.8 Å². The largest absolute Gasteiger partial charge is 0.469 e. The number of hydrogen-bond donors (Lipinski definition) is 1. The summed E-state index contributed by atoms with van der Waals surface area (Å²) in [4.78, 5) is 55.3. The van der Waals surface area contributed by atoms with Crippen LogP contribution in [0, 0.1) is 0 Å². The zero-order chi connectivity index (χ0) is 25.8. The number of piperidine rings is 1. The molecule has 1 N–H and O–H groups in total. The predicted octanol–water partition coefficient (Wildman–Crippen LogP) is 2.15. The second-order valence-electron chi connectivity index (χ2n) is 9.68. The van der Waals surface area contributed by atoms with Gasteiger partial charge in [-0.05, 0) is 52.2 Å². The number of nitrogens with zero attached hydrogens (tertiary/aromatic N) is 3. The van der Waals surface area contributed by atoms with E-state index in [-0.39, 0.29) is 37.3 Å². The number of methoxy groups -OCH3 is 2. The first-order valence-electron chi connectivity index (χ1n) is 11.7. The number of ether oxygens (including phenoxy) is 3. The van der Waals surface area contributed by atoms with Crippen molar-refractivity contribution in [1.82, 2.24) is 20.3 Å². The van der Waals surface area contributed by atoms with Crippen molar-refractivity contribution >= 4 is 23.9 Å². The minimum Gasteiger partial charge on any atom is -0.469 e. The molecular formula is C24H34N4O7. The molecule has 0 saturated carbocycles. The van der Waals surface area contributed by atoms with Crippen LogP contribution in [0.2, 0.25) is 0 Å². The molecule has 0 spiro atoms. The van der Waals surface area contributed by atoms with Crippen molar-refractivity contribution in [1.29, 1.82) is 0 Å². The number of nitrogens with one attached hydrogen (secondary N) is 1. The van der Waals surface area contributed by atoms with Crippen LogP contribution in [0.3, 0.4) is 0 Å². The molecule has 1 saturated heterocycles. The van der Waals surface area contributed by atoms with Gasteiger partial charge in [0.05, 0.1) is 32.0 Å². The second-order valence-corrected chi connectivity index (χ2v) is 9.68. The predicted molar refractivity (Wildman–Crippen MR) is 124 cm³/mol. The summed E-state index contributed by atoms with van der Waals surface area (Å²) in [5.74, 6) is -1.17. The van der Waals surface area contributed by atoms with Gasteiger partial charge in [-0.1, -0.05) is 0 Å². The lowest BCUT2D eigenvalue weighted by Gasteiger charge is -2.33. The average Bonchev–Trinajstić information content (AvgIpc) is 3.14. The molecule has 192 valence electrons. The van der Waals surface area contributed by atoms with Gasteiger partial charge in [0.25, 0.3) is 5.91 Å². The van der Waals surface area contributed by atoms with Crippen LogP contribution in [0.5, 0.6) is 0 Å². The summed E-state index contributed by atoms with van der Waals surface area (Å²) in [5, 5.41) is 1.32. The van der Waals surface area contributed by atoms with Crippen LogP contribution in [-0.2, 0) is 30.3 Å². The summed E-state index contributed by atoms with van der Waals surface area (Å²) >= 11 is 0. The highest BCUT2D eigenvalue weighted by Gasteiger charge is 2.34. The lowest BCUT2D eigenvalue weighted by atomic mass is 9.92. The molecule has 1 aromatic rings. The van der Waals surface area contributed by atoms with E-state index < -0.39 is 23.6 Å². The Labute approximate surface area is 205 Å². The number of carbonyl (C=O) groups excluding carboxylic acids is 4. The van der Waals surface area contributed by atoms with Crippen molar-refractivity contribution in [2.24, 2.45) is 0 Å². The van der Waals surface area contributed by atoms with Gasteiger partial charge in [-0.25, -0.2) is 10.2 Å². The fourth-order valence-corrected chi connectivity index (χ4v) is 4.15. The fourth-order valence-electron chi connectivity index (χ4n) is 4.15. The molecule has 1 fully saturated rings. The highest BCUT2D eigenvalue weighted by molar-refractivity contribution is 5.97. The van der Waals surface area contributed by atoms with Crippen LogP contribution >= 0.6 is 0 Å². The lowest BCUT2D eigenvalue weighted by molar-refractivity contribution is -0.145. The highest BCUT2D eigenvalue weighted by atomic mass is 16.6. The molecule has 35 heavy (non-hydrogen) atoms. The number of amides is 2. The van der Waals surface area contributed by atoms with Crippen molar-refractivity contribution in [3.05, 3.63) is 29.1 Å². The van der Waals surface area contributed by atoms with Gasteiger partial charge in [0, 0.05) is 31.1 Å². The number of fused-ring (bicyclic) bond motifs is 1. The molecule has 1 aromatic heterocycles. The maximum atomic E-state index is 12.9. The molecule has 3 rings (SSSR count). The minimum atomic E-state index is -0.881. The maximum absolute atomic E-state index is 12.9. The van der Waals surface area contributed by atoms with Crippen LogP contribution in [0.25, 0.3) is 0 Å². The van der Waals surface area contributed by atoms with Gasteiger partial charge < -0.3 is 19.1 Å². The first-order valence-corrected chi connectivity index (χ1v) is 11.7. The smallest absolute Gasteiger partial charge is 0.410 e. The topological polar surface area (TPSA) is 127 Å². The number of hydrazine groups is 1. The number of carbonyl (C=O) groups is 4. The van der Waals surface area contributed by atoms with Crippen molar-refractivity contribution in [3.63, 3.8) is 0 Å². The van der Waals surface area contributed by atoms with Gasteiger partial charge in [-0.3, -0.25) is 24.4 Å². The summed E-state index contributed by atoms with van der Waals surface area (Å²) in [6, 6.07) is 2.72. The van der Waals surface area contributed by atoms with Gasteiger partial charge in [-0.2, -0.15) is 0 Å². The number of hydrogen-bond acceptors (Lipinski definition) is 9. The Balaban J connectivity index is 1.62. The van der Waals surface area contributed by atoms with E-state index in [9.17, 15) is 19.2 Å². The second kappa shape index (κ2) is 11.0. The van der Waals surface area contributed by atoms with E-state index in [1.165, 1.54) is 19.2 Å². The third-order valence-corrected chi connectivity index (χ3v) is 6.01. The van der Waals surface area contributed by atoms with E-state index in [1.54, 1.807) is 11.0 Å². The first kappa shape index (κ1) is 26.4. The zero-order valence-corrected chi connectivity index (χ0v) is 21.0. The molecule has 0 aromatic carbocycles. The van der Waals surface area contributed by atoms with E-state index in [0.717, 1.165) is 18.5 Å². The molecular weight excluding hydrogens is 456 g/mol. The van der Waals surface area contributed by atoms with Gasteiger partial charge in [0.15, 0.2) is 0 Å². The van der Waals surface area contributed by atoms with Crippen molar-refractivity contribution in [2.45, 2.75) is 70.6 Å². The van der Waals surface area contributed by atoms with Crippen LogP contribution < -0.4 is 5.43 Å². The number of likely N-dealkylation sites (tertiary alicyclic amines) is 1. The Hall–Kier alpha value is -3.21. The van der Waals surface area contributed by atoms with E-state index in [2.05, 4.69) is 10.2 Å². The monoisotopic (exact) mass is 490 g/mol. The molecule has 11 nitrogen and oxygen atoms in total. The van der Waals surface area contributed by atoms with Crippen molar-refractivity contribution in [2.75, 3.05) is 27.3 Å². The Morgan fingerprint density at radius 3 is 2.43 bits per heavy atom. The minimum absolute atomic E-state index is 0.00262. The quantitative estimate of drug-likeness (QED) is 0.452. The van der Waals surface area contributed by atoms with Crippen LogP contribution in [0.4, 0.5) is 4.79 Å². The van der Waals surface area contributed by atoms with Crippen LogP contribution in [0.1, 0.15) is 74.1 Å². The van der Waals surface area contributed by atoms with Gasteiger partial charge in [-0.15, -0.1) is 0 Å². The first-order chi connectivity index (χ1) is 16.5. The maximum Gasteiger partial charge on any atom is 0.410 e. The third kappa shape index (κ3) is 6.68. The summed E-state index contributed by atoms with van der Waals surface area (Å²) in [6.45, 7) is 6.87. The molecule has 2 aliphatic heterocycles. The third-order valence-electron chi connectivity index (χ3n) is 6.01. The Morgan fingerprint density at radius 1 is 1.14 bits per heavy atom. The molecule has 1 atom stereocenters. The highest BCUT2D eigenvalue weighted by Crippen LogP contribution is 2.30. The molecule has 2 aliphatic rings. The summed E-state index contributed by atoms with van der Waals surface area (Å²) in [7, 11) is 2.52. The SMILES string of the molecule is COC(=O)CCC(NN1Cc2nc(C3CCN(C(=O)OC(C)(C)C)CC3)ccc2C1=O)C(=O)OC. The molecule has 1 unspecified atom stereocenters. The Kier molecular flexibility index (Phi) is 8.31. The molecule has 0 radical (unpaired) electrons. The molecule has 11 heteroatoms. The van der Waals surface area contributed by atoms with Crippen molar-refractivity contribution in [3.8, 4) is 0 Å². The van der Waals surface area contributed by atoms with E-state index in [0.29, 0.717) is 24.3 Å². The van der Waals surface area contributed by atoms with Gasteiger partial charge >= 0.3 is 18.0 Å². The average molecular weight is 491 g/mol. The molecule has 2 amide bonds. The molecule has 3 heterocycles. The number of aromatic nitrogens is 1. The van der Waals surface area contributed by atoms with Crippen molar-refractivity contribution < 1.29 is 33.4 Å². The Bertz CT molecular complexity index is 967. The van der Waals surface area contributed by atoms with E-state index >= 15 is 0 Å². The normalized spacial score (nSPS) is 17.1. The summed E-state index contributed by atoms with van der Waals surface area (Å²) in [6.07, 6.45) is 1.31. The lowest BCUT2D eigenvalue weighted by Crippen LogP contribution is -2.49. The summed E-state index contributed by atoms with van der Waals surface area (Å²) in [5.41, 5.74) is 4.30. The summed E-state index contributed by atoms with van der Waals surface area (Å²) < 4.78 is 14.9. The van der Waals surface area contributed by atoms with Gasteiger partial charge in [0.1, 0.15) is 11.6 Å². The molecule has 0 aliphatic carbocycles. The zero-order valence-electron chi connectivity index (χ0n) is 21.0. The fraction of sp³-hybridized carbons (Fsp3) is 0.625. The number of rotatable bonds is 7. The number of esters is 2. The van der Waals surface area contributed by atoms with Crippen LogP contribution in [0.15, 0.2) is 12.1 Å². The number of pyridine rings is 1. The standard InChI is InChI=1S/C24H34N4O7/c1-24(2,3)35-23(32)27-12-10-15(11-13-27)17-7-6-16-19(25-17)14-28(21(16)30)26-18(22(31)34-5)8-9-20(29)33-4/h6-7,15,18,26H,8-14H2,1-5H3.